The highest BCUT2D eigenvalue weighted by Gasteiger charge is 2.29. The molecule has 0 amide bonds. The Kier molecular flexibility index (Phi) is 3.51. The zero-order valence-electron chi connectivity index (χ0n) is 11.3. The van der Waals surface area contributed by atoms with Crippen LogP contribution in [0.3, 0.4) is 0 Å². The van der Waals surface area contributed by atoms with Gasteiger partial charge in [0.2, 0.25) is 0 Å². The molecule has 0 spiro atoms. The second kappa shape index (κ2) is 5.33. The lowest BCUT2D eigenvalue weighted by atomic mass is 9.95. The summed E-state index contributed by atoms with van der Waals surface area (Å²) in [6, 6.07) is 8.34. The summed E-state index contributed by atoms with van der Waals surface area (Å²) in [5.74, 6) is -0.283. The Balaban J connectivity index is 1.96. The Hall–Kier alpha value is -2.14. The molecule has 2 aromatic rings. The van der Waals surface area contributed by atoms with Crippen LogP contribution < -0.4 is 9.47 Å². The van der Waals surface area contributed by atoms with E-state index < -0.39 is 23.8 Å². The number of aliphatic hydroxyl groups excluding tert-OH is 1. The lowest BCUT2D eigenvalue weighted by Crippen LogP contribution is -2.19. The van der Waals surface area contributed by atoms with Gasteiger partial charge in [0.1, 0.15) is 29.2 Å². The van der Waals surface area contributed by atoms with Crippen molar-refractivity contribution < 1.29 is 23.4 Å². The highest BCUT2D eigenvalue weighted by Crippen LogP contribution is 2.42. The van der Waals surface area contributed by atoms with E-state index in [1.807, 2.05) is 0 Å². The predicted octanol–water partition coefficient (Wildman–Crippen LogP) is 3.53. The summed E-state index contributed by atoms with van der Waals surface area (Å²) < 4.78 is 37.5. The first-order valence-corrected chi connectivity index (χ1v) is 6.55. The topological polar surface area (TPSA) is 38.7 Å². The summed E-state index contributed by atoms with van der Waals surface area (Å²) in [7, 11) is 1.53. The van der Waals surface area contributed by atoms with Gasteiger partial charge in [-0.15, -0.1) is 0 Å². The standard InChI is InChI=1S/C16H14F2O3/c1-20-12-2-3-13-14(19)8-15(21-16(13)7-12)9-4-10(17)6-11(18)5-9/h2-7,14-15,19H,8H2,1H3/t14-,15?/m1/s1. The molecular formula is C16H14F2O3. The molecule has 5 heteroatoms. The van der Waals surface area contributed by atoms with Gasteiger partial charge in [-0.1, -0.05) is 0 Å². The number of benzene rings is 2. The molecule has 3 rings (SSSR count). The second-order valence-corrected chi connectivity index (χ2v) is 4.96. The van der Waals surface area contributed by atoms with Crippen LogP contribution >= 0.6 is 0 Å². The van der Waals surface area contributed by atoms with E-state index in [-0.39, 0.29) is 6.42 Å². The van der Waals surface area contributed by atoms with Gasteiger partial charge in [0.25, 0.3) is 0 Å². The summed E-state index contributed by atoms with van der Waals surface area (Å²) in [5, 5.41) is 10.2. The Bertz CT molecular complexity index is 652. The normalized spacial score (nSPS) is 20.6. The van der Waals surface area contributed by atoms with E-state index in [1.165, 1.54) is 19.2 Å². The first-order chi connectivity index (χ1) is 10.1. The molecule has 21 heavy (non-hydrogen) atoms. The average molecular weight is 292 g/mol. The molecule has 1 N–H and O–H groups in total. The van der Waals surface area contributed by atoms with Crippen LogP contribution in [0.4, 0.5) is 8.78 Å². The van der Waals surface area contributed by atoms with E-state index >= 15 is 0 Å². The summed E-state index contributed by atoms with van der Waals surface area (Å²) in [4.78, 5) is 0. The van der Waals surface area contributed by atoms with Crippen molar-refractivity contribution in [1.82, 2.24) is 0 Å². The zero-order valence-corrected chi connectivity index (χ0v) is 11.3. The summed E-state index contributed by atoms with van der Waals surface area (Å²) in [5.41, 5.74) is 1.00. The van der Waals surface area contributed by atoms with Crippen LogP contribution in [0.25, 0.3) is 0 Å². The molecule has 0 bridgehead atoms. The van der Waals surface area contributed by atoms with E-state index in [4.69, 9.17) is 9.47 Å². The fourth-order valence-corrected chi connectivity index (χ4v) is 2.52. The Morgan fingerprint density at radius 3 is 2.52 bits per heavy atom. The molecule has 0 saturated heterocycles. The van der Waals surface area contributed by atoms with E-state index in [2.05, 4.69) is 0 Å². The molecule has 1 heterocycles. The third kappa shape index (κ3) is 2.69. The molecule has 0 saturated carbocycles. The van der Waals surface area contributed by atoms with Crippen molar-refractivity contribution in [2.24, 2.45) is 0 Å². The van der Waals surface area contributed by atoms with E-state index in [0.717, 1.165) is 6.07 Å². The smallest absolute Gasteiger partial charge is 0.129 e. The summed E-state index contributed by atoms with van der Waals surface area (Å²) >= 11 is 0. The highest BCUT2D eigenvalue weighted by atomic mass is 19.1. The Morgan fingerprint density at radius 2 is 1.86 bits per heavy atom. The van der Waals surface area contributed by atoms with Crippen molar-refractivity contribution in [3.8, 4) is 11.5 Å². The number of fused-ring (bicyclic) bond motifs is 1. The fraction of sp³-hybridized carbons (Fsp3) is 0.250. The van der Waals surface area contributed by atoms with Crippen LogP contribution in [0.1, 0.15) is 29.8 Å². The lowest BCUT2D eigenvalue weighted by molar-refractivity contribution is 0.0651. The number of hydrogen-bond donors (Lipinski definition) is 1. The number of methoxy groups -OCH3 is 1. The van der Waals surface area contributed by atoms with E-state index in [9.17, 15) is 13.9 Å². The first-order valence-electron chi connectivity index (χ1n) is 6.55. The molecule has 0 radical (unpaired) electrons. The van der Waals surface area contributed by atoms with Crippen LogP contribution in [-0.2, 0) is 0 Å². The zero-order chi connectivity index (χ0) is 15.0. The quantitative estimate of drug-likeness (QED) is 0.920. The van der Waals surface area contributed by atoms with Gasteiger partial charge in [-0.3, -0.25) is 0 Å². The maximum Gasteiger partial charge on any atom is 0.129 e. The highest BCUT2D eigenvalue weighted by molar-refractivity contribution is 5.44. The Labute approximate surface area is 120 Å². The van der Waals surface area contributed by atoms with Gasteiger partial charge in [0.15, 0.2) is 0 Å². The number of hydrogen-bond acceptors (Lipinski definition) is 3. The van der Waals surface area contributed by atoms with Gasteiger partial charge < -0.3 is 14.6 Å². The molecule has 0 fully saturated rings. The van der Waals surface area contributed by atoms with Crippen molar-refractivity contribution >= 4 is 0 Å². The first kappa shape index (κ1) is 13.8. The van der Waals surface area contributed by atoms with Gasteiger partial charge in [-0.05, 0) is 29.8 Å². The largest absolute Gasteiger partial charge is 0.497 e. The molecule has 110 valence electrons. The molecular weight excluding hydrogens is 278 g/mol. The molecule has 3 nitrogen and oxygen atoms in total. The monoisotopic (exact) mass is 292 g/mol. The van der Waals surface area contributed by atoms with Crippen LogP contribution in [0.15, 0.2) is 36.4 Å². The summed E-state index contributed by atoms with van der Waals surface area (Å²) in [6.45, 7) is 0. The SMILES string of the molecule is COc1ccc2c(c1)OC(c1cc(F)cc(F)c1)C[C@H]2O. The maximum absolute atomic E-state index is 13.3. The molecule has 0 aromatic heterocycles. The second-order valence-electron chi connectivity index (χ2n) is 4.96. The molecule has 0 aliphatic carbocycles. The van der Waals surface area contributed by atoms with Gasteiger partial charge in [0, 0.05) is 24.1 Å². The van der Waals surface area contributed by atoms with Crippen molar-refractivity contribution in [3.05, 3.63) is 59.2 Å². The van der Waals surface area contributed by atoms with Crippen molar-refractivity contribution in [1.29, 1.82) is 0 Å². The van der Waals surface area contributed by atoms with Crippen molar-refractivity contribution in [3.63, 3.8) is 0 Å². The third-order valence-electron chi connectivity index (χ3n) is 3.54. The summed E-state index contributed by atoms with van der Waals surface area (Å²) in [6.07, 6.45) is -1.12. The molecule has 1 aliphatic heterocycles. The minimum absolute atomic E-state index is 0.238. The van der Waals surface area contributed by atoms with Crippen LogP contribution in [0, 0.1) is 11.6 Å². The van der Waals surface area contributed by atoms with Gasteiger partial charge >= 0.3 is 0 Å². The molecule has 1 aliphatic rings. The Morgan fingerprint density at radius 1 is 1.14 bits per heavy atom. The van der Waals surface area contributed by atoms with Crippen molar-refractivity contribution in [2.75, 3.05) is 7.11 Å². The minimum Gasteiger partial charge on any atom is -0.497 e. The third-order valence-corrected chi connectivity index (χ3v) is 3.54. The van der Waals surface area contributed by atoms with Gasteiger partial charge in [-0.25, -0.2) is 8.78 Å². The van der Waals surface area contributed by atoms with Crippen molar-refractivity contribution in [2.45, 2.75) is 18.6 Å². The number of halogens is 2. The number of ether oxygens (including phenoxy) is 2. The van der Waals surface area contributed by atoms with Crippen LogP contribution in [0.2, 0.25) is 0 Å². The number of aliphatic hydroxyl groups is 1. The van der Waals surface area contributed by atoms with Crippen LogP contribution in [-0.4, -0.2) is 12.2 Å². The van der Waals surface area contributed by atoms with Gasteiger partial charge in [-0.2, -0.15) is 0 Å². The molecule has 2 aromatic carbocycles. The average Bonchev–Trinajstić information content (AvgIpc) is 2.45. The lowest BCUT2D eigenvalue weighted by Gasteiger charge is -2.30. The van der Waals surface area contributed by atoms with Crippen LogP contribution in [0.5, 0.6) is 11.5 Å². The predicted molar refractivity (Wildman–Crippen MR) is 72.3 cm³/mol. The van der Waals surface area contributed by atoms with E-state index in [0.29, 0.717) is 22.6 Å². The minimum atomic E-state index is -0.754. The van der Waals surface area contributed by atoms with E-state index in [1.54, 1.807) is 18.2 Å². The van der Waals surface area contributed by atoms with Gasteiger partial charge in [0.05, 0.1) is 13.2 Å². The molecule has 2 atom stereocenters. The number of rotatable bonds is 2. The maximum atomic E-state index is 13.3. The fourth-order valence-electron chi connectivity index (χ4n) is 2.52. The molecule has 1 unspecified atom stereocenters.